The minimum atomic E-state index is -0.357. The normalized spacial score (nSPS) is 10.1. The zero-order valence-corrected chi connectivity index (χ0v) is 10.4. The van der Waals surface area contributed by atoms with Gasteiger partial charge in [0.2, 0.25) is 0 Å². The first-order valence-electron chi connectivity index (χ1n) is 6.08. The smallest absolute Gasteiger partial charge is 0.273 e. The fourth-order valence-corrected chi connectivity index (χ4v) is 1.70. The zero-order valence-electron chi connectivity index (χ0n) is 10.4. The van der Waals surface area contributed by atoms with Gasteiger partial charge in [-0.3, -0.25) is 9.78 Å². The molecular formula is C14H15N3O2. The predicted octanol–water partition coefficient (Wildman–Crippen LogP) is 1.54. The Kier molecular flexibility index (Phi) is 4.44. The molecule has 5 nitrogen and oxygen atoms in total. The van der Waals surface area contributed by atoms with E-state index in [1.54, 1.807) is 12.3 Å². The molecule has 0 radical (unpaired) electrons. The first-order valence-corrected chi connectivity index (χ1v) is 6.08. The molecule has 0 spiro atoms. The molecule has 0 fully saturated rings. The predicted molar refractivity (Wildman–Crippen MR) is 70.8 cm³/mol. The number of amides is 1. The SMILES string of the molecule is O=C(NCCCc1cccnc1)c1ncccc1O. The van der Waals surface area contributed by atoms with Crippen LogP contribution in [0.25, 0.3) is 0 Å². The maximum absolute atomic E-state index is 11.7. The number of nitrogens with zero attached hydrogens (tertiary/aromatic N) is 2. The largest absolute Gasteiger partial charge is 0.505 e. The number of nitrogens with one attached hydrogen (secondary N) is 1. The van der Waals surface area contributed by atoms with Gasteiger partial charge in [-0.25, -0.2) is 4.98 Å². The molecule has 0 bridgehead atoms. The Hall–Kier alpha value is -2.43. The quantitative estimate of drug-likeness (QED) is 0.797. The third-order valence-corrected chi connectivity index (χ3v) is 2.65. The Bertz CT molecular complexity index is 543. The van der Waals surface area contributed by atoms with Gasteiger partial charge in [0.25, 0.3) is 5.91 Å². The Labute approximate surface area is 111 Å². The second-order valence-electron chi connectivity index (χ2n) is 4.09. The molecule has 0 atom stereocenters. The van der Waals surface area contributed by atoms with Gasteiger partial charge >= 0.3 is 0 Å². The van der Waals surface area contributed by atoms with E-state index in [4.69, 9.17) is 0 Å². The molecule has 0 aliphatic carbocycles. The number of aryl methyl sites for hydroxylation is 1. The van der Waals surface area contributed by atoms with Crippen molar-refractivity contribution in [1.29, 1.82) is 0 Å². The van der Waals surface area contributed by atoms with Crippen LogP contribution in [0.3, 0.4) is 0 Å². The van der Waals surface area contributed by atoms with E-state index >= 15 is 0 Å². The number of pyridine rings is 2. The minimum Gasteiger partial charge on any atom is -0.505 e. The van der Waals surface area contributed by atoms with Gasteiger partial charge in [-0.2, -0.15) is 0 Å². The highest BCUT2D eigenvalue weighted by Crippen LogP contribution is 2.11. The summed E-state index contributed by atoms with van der Waals surface area (Å²) in [5.74, 6) is -0.462. The van der Waals surface area contributed by atoms with Crippen molar-refractivity contribution in [3.63, 3.8) is 0 Å². The van der Waals surface area contributed by atoms with Gasteiger partial charge < -0.3 is 10.4 Å². The summed E-state index contributed by atoms with van der Waals surface area (Å²) in [7, 11) is 0. The monoisotopic (exact) mass is 257 g/mol. The van der Waals surface area contributed by atoms with Crippen molar-refractivity contribution in [2.24, 2.45) is 0 Å². The zero-order chi connectivity index (χ0) is 13.5. The number of rotatable bonds is 5. The van der Waals surface area contributed by atoms with Crippen LogP contribution in [-0.2, 0) is 6.42 Å². The van der Waals surface area contributed by atoms with Crippen LogP contribution in [-0.4, -0.2) is 27.5 Å². The van der Waals surface area contributed by atoms with Crippen molar-refractivity contribution in [1.82, 2.24) is 15.3 Å². The molecule has 2 N–H and O–H groups in total. The maximum Gasteiger partial charge on any atom is 0.273 e. The van der Waals surface area contributed by atoms with E-state index in [1.165, 1.54) is 12.3 Å². The lowest BCUT2D eigenvalue weighted by molar-refractivity contribution is 0.0945. The average Bonchev–Trinajstić information content (AvgIpc) is 2.45. The van der Waals surface area contributed by atoms with E-state index < -0.39 is 0 Å². The van der Waals surface area contributed by atoms with Gasteiger partial charge in [0, 0.05) is 25.1 Å². The molecule has 2 aromatic heterocycles. The summed E-state index contributed by atoms with van der Waals surface area (Å²) in [6.07, 6.45) is 6.68. The summed E-state index contributed by atoms with van der Waals surface area (Å²) < 4.78 is 0. The van der Waals surface area contributed by atoms with Gasteiger partial charge in [-0.05, 0) is 36.6 Å². The Morgan fingerprint density at radius 2 is 2.11 bits per heavy atom. The summed E-state index contributed by atoms with van der Waals surface area (Å²) in [5.41, 5.74) is 1.20. The van der Waals surface area contributed by atoms with Crippen molar-refractivity contribution >= 4 is 5.91 Å². The fourth-order valence-electron chi connectivity index (χ4n) is 1.70. The number of carbonyl (C=O) groups is 1. The number of hydrogen-bond donors (Lipinski definition) is 2. The third kappa shape index (κ3) is 3.77. The third-order valence-electron chi connectivity index (χ3n) is 2.65. The van der Waals surface area contributed by atoms with Crippen LogP contribution < -0.4 is 5.32 Å². The van der Waals surface area contributed by atoms with Gasteiger partial charge in [0.15, 0.2) is 5.69 Å². The number of hydrogen-bond acceptors (Lipinski definition) is 4. The van der Waals surface area contributed by atoms with Crippen LogP contribution in [0.5, 0.6) is 5.75 Å². The Balaban J connectivity index is 1.77. The lowest BCUT2D eigenvalue weighted by atomic mass is 10.1. The van der Waals surface area contributed by atoms with Crippen molar-refractivity contribution < 1.29 is 9.90 Å². The van der Waals surface area contributed by atoms with Crippen LogP contribution in [0.2, 0.25) is 0 Å². The first-order chi connectivity index (χ1) is 9.27. The molecule has 0 aliphatic rings. The van der Waals surface area contributed by atoms with Crippen LogP contribution in [0, 0.1) is 0 Å². The van der Waals surface area contributed by atoms with Crippen LogP contribution in [0.1, 0.15) is 22.5 Å². The lowest BCUT2D eigenvalue weighted by Crippen LogP contribution is -2.25. The van der Waals surface area contributed by atoms with E-state index in [0.717, 1.165) is 18.4 Å². The highest BCUT2D eigenvalue weighted by molar-refractivity contribution is 5.94. The minimum absolute atomic E-state index is 0.0591. The summed E-state index contributed by atoms with van der Waals surface area (Å²) in [5, 5.41) is 12.2. The van der Waals surface area contributed by atoms with Gasteiger partial charge in [-0.15, -0.1) is 0 Å². The van der Waals surface area contributed by atoms with E-state index in [9.17, 15) is 9.90 Å². The molecule has 98 valence electrons. The molecule has 0 unspecified atom stereocenters. The second-order valence-corrected chi connectivity index (χ2v) is 4.09. The highest BCUT2D eigenvalue weighted by atomic mass is 16.3. The van der Waals surface area contributed by atoms with E-state index in [-0.39, 0.29) is 17.4 Å². The molecule has 0 saturated heterocycles. The summed E-state index contributed by atoms with van der Waals surface area (Å²) in [6, 6.07) is 6.91. The van der Waals surface area contributed by atoms with Gasteiger partial charge in [0.05, 0.1) is 0 Å². The highest BCUT2D eigenvalue weighted by Gasteiger charge is 2.10. The van der Waals surface area contributed by atoms with Crippen molar-refractivity contribution in [2.45, 2.75) is 12.8 Å². The molecule has 1 amide bonds. The molecule has 0 aliphatic heterocycles. The Morgan fingerprint density at radius 3 is 2.84 bits per heavy atom. The van der Waals surface area contributed by atoms with Crippen LogP contribution in [0.4, 0.5) is 0 Å². The molecule has 5 heteroatoms. The van der Waals surface area contributed by atoms with Crippen molar-refractivity contribution in [3.05, 3.63) is 54.1 Å². The van der Waals surface area contributed by atoms with Crippen LogP contribution in [0.15, 0.2) is 42.9 Å². The summed E-state index contributed by atoms with van der Waals surface area (Å²) in [6.45, 7) is 0.531. The van der Waals surface area contributed by atoms with E-state index in [2.05, 4.69) is 15.3 Å². The topological polar surface area (TPSA) is 75.1 Å². The lowest BCUT2D eigenvalue weighted by Gasteiger charge is -2.05. The molecule has 0 saturated carbocycles. The van der Waals surface area contributed by atoms with E-state index in [0.29, 0.717) is 6.54 Å². The average molecular weight is 257 g/mol. The maximum atomic E-state index is 11.7. The molecule has 2 heterocycles. The molecular weight excluding hydrogens is 242 g/mol. The second kappa shape index (κ2) is 6.49. The number of aromatic hydroxyl groups is 1. The molecule has 2 rings (SSSR count). The molecule has 0 aromatic carbocycles. The van der Waals surface area contributed by atoms with Crippen molar-refractivity contribution in [2.75, 3.05) is 6.54 Å². The van der Waals surface area contributed by atoms with E-state index in [1.807, 2.05) is 18.3 Å². The number of carbonyl (C=O) groups excluding carboxylic acids is 1. The van der Waals surface area contributed by atoms with Crippen molar-refractivity contribution in [3.8, 4) is 5.75 Å². The Morgan fingerprint density at radius 1 is 1.26 bits per heavy atom. The molecule has 19 heavy (non-hydrogen) atoms. The van der Waals surface area contributed by atoms with Crippen LogP contribution >= 0.6 is 0 Å². The number of aromatic nitrogens is 2. The fraction of sp³-hybridized carbons (Fsp3) is 0.214. The van der Waals surface area contributed by atoms with Gasteiger partial charge in [0.1, 0.15) is 5.75 Å². The summed E-state index contributed by atoms with van der Waals surface area (Å²) >= 11 is 0. The standard InChI is InChI=1S/C14H15N3O2/c18-12-6-3-8-16-13(12)14(19)17-9-2-5-11-4-1-7-15-10-11/h1,3-4,6-8,10,18H,2,5,9H2,(H,17,19). The van der Waals surface area contributed by atoms with Gasteiger partial charge in [-0.1, -0.05) is 6.07 Å². The summed E-state index contributed by atoms with van der Waals surface area (Å²) in [4.78, 5) is 19.6. The molecule has 2 aromatic rings. The first kappa shape index (κ1) is 13.0.